The Bertz CT molecular complexity index is 1350. The van der Waals surface area contributed by atoms with E-state index in [1.807, 2.05) is 73.0 Å². The number of nitrogens with zero attached hydrogens (tertiary/aromatic N) is 5. The van der Waals surface area contributed by atoms with Crippen molar-refractivity contribution in [2.45, 2.75) is 6.92 Å². The lowest BCUT2D eigenvalue weighted by Gasteiger charge is -2.13. The van der Waals surface area contributed by atoms with Crippen LogP contribution >= 0.6 is 11.3 Å². The Balaban J connectivity index is 1.56. The summed E-state index contributed by atoms with van der Waals surface area (Å²) in [5.41, 5.74) is 4.56. The van der Waals surface area contributed by atoms with Crippen LogP contribution in [0.1, 0.15) is 15.9 Å². The smallest absolute Gasteiger partial charge is 0.256 e. The second-order valence-corrected chi connectivity index (χ2v) is 7.70. The number of hydrogen-bond donors (Lipinski definition) is 1. The molecule has 1 amide bonds. The van der Waals surface area contributed by atoms with Crippen molar-refractivity contribution in [1.29, 1.82) is 0 Å². The Morgan fingerprint density at radius 1 is 1.07 bits per heavy atom. The van der Waals surface area contributed by atoms with Gasteiger partial charge in [0.25, 0.3) is 5.91 Å². The number of pyridine rings is 1. The Labute approximate surface area is 176 Å². The number of thiophene rings is 1. The molecule has 30 heavy (non-hydrogen) atoms. The van der Waals surface area contributed by atoms with E-state index in [0.29, 0.717) is 11.3 Å². The number of carbonyl (C=O) groups is 1. The highest BCUT2D eigenvalue weighted by atomic mass is 32.1. The molecule has 0 bridgehead atoms. The van der Waals surface area contributed by atoms with Crippen molar-refractivity contribution >= 4 is 33.8 Å². The summed E-state index contributed by atoms with van der Waals surface area (Å²) in [6.45, 7) is 1.95. The van der Waals surface area contributed by atoms with Crippen LogP contribution in [0, 0.1) is 6.92 Å². The summed E-state index contributed by atoms with van der Waals surface area (Å²) < 4.78 is 1.55. The van der Waals surface area contributed by atoms with Gasteiger partial charge in [0, 0.05) is 11.1 Å². The van der Waals surface area contributed by atoms with Gasteiger partial charge in [0.05, 0.1) is 27.3 Å². The van der Waals surface area contributed by atoms with E-state index in [2.05, 4.69) is 20.8 Å². The summed E-state index contributed by atoms with van der Waals surface area (Å²) in [5, 5.41) is 17.1. The number of amides is 1. The highest BCUT2D eigenvalue weighted by Gasteiger charge is 2.16. The van der Waals surface area contributed by atoms with Crippen molar-refractivity contribution in [1.82, 2.24) is 25.2 Å². The Morgan fingerprint density at radius 3 is 2.77 bits per heavy atom. The van der Waals surface area contributed by atoms with Crippen molar-refractivity contribution in [3.8, 4) is 16.3 Å². The van der Waals surface area contributed by atoms with Gasteiger partial charge >= 0.3 is 0 Å². The molecule has 0 unspecified atom stereocenters. The minimum Gasteiger partial charge on any atom is -0.322 e. The first-order valence-electron chi connectivity index (χ1n) is 9.28. The van der Waals surface area contributed by atoms with Gasteiger partial charge in [-0.15, -0.1) is 16.4 Å². The predicted octanol–water partition coefficient (Wildman–Crippen LogP) is 4.50. The number of hydrogen-bond acceptors (Lipinski definition) is 6. The molecule has 146 valence electrons. The molecule has 3 heterocycles. The molecular weight excluding hydrogens is 396 g/mol. The maximum absolute atomic E-state index is 13.3. The van der Waals surface area contributed by atoms with E-state index in [9.17, 15) is 4.79 Å². The van der Waals surface area contributed by atoms with Crippen LogP contribution in [0.4, 0.5) is 5.69 Å². The van der Waals surface area contributed by atoms with Gasteiger partial charge in [0.1, 0.15) is 6.33 Å². The number of nitrogens with one attached hydrogen (secondary N) is 1. The monoisotopic (exact) mass is 412 g/mol. The first-order chi connectivity index (χ1) is 14.7. The van der Waals surface area contributed by atoms with Crippen molar-refractivity contribution in [3.63, 3.8) is 0 Å². The van der Waals surface area contributed by atoms with Crippen LogP contribution in [0.15, 0.2) is 72.4 Å². The molecule has 5 rings (SSSR count). The van der Waals surface area contributed by atoms with Gasteiger partial charge in [-0.3, -0.25) is 4.79 Å². The summed E-state index contributed by atoms with van der Waals surface area (Å²) >= 11 is 1.60. The lowest BCUT2D eigenvalue weighted by molar-refractivity contribution is 0.102. The fourth-order valence-corrected chi connectivity index (χ4v) is 3.96. The van der Waals surface area contributed by atoms with Gasteiger partial charge in [0.15, 0.2) is 0 Å². The quantitative estimate of drug-likeness (QED) is 0.470. The van der Waals surface area contributed by atoms with E-state index in [1.54, 1.807) is 16.0 Å². The topological polar surface area (TPSA) is 85.6 Å². The molecular formula is C22H16N6OS. The van der Waals surface area contributed by atoms with E-state index >= 15 is 0 Å². The summed E-state index contributed by atoms with van der Waals surface area (Å²) in [4.78, 5) is 19.1. The number of aryl methyl sites for hydroxylation is 1. The van der Waals surface area contributed by atoms with Gasteiger partial charge in [-0.05, 0) is 58.6 Å². The van der Waals surface area contributed by atoms with Gasteiger partial charge in [-0.2, -0.15) is 0 Å². The summed E-state index contributed by atoms with van der Waals surface area (Å²) in [5.74, 6) is -0.191. The molecule has 1 N–H and O–H groups in total. The molecule has 8 heteroatoms. The first-order valence-corrected chi connectivity index (χ1v) is 10.2. The van der Waals surface area contributed by atoms with Crippen LogP contribution < -0.4 is 5.32 Å². The number of carbonyl (C=O) groups excluding carboxylic acids is 1. The number of fused-ring (bicyclic) bond motifs is 1. The van der Waals surface area contributed by atoms with Crippen LogP contribution in [0.3, 0.4) is 0 Å². The lowest BCUT2D eigenvalue weighted by atomic mass is 10.1. The lowest BCUT2D eigenvalue weighted by Crippen LogP contribution is -2.14. The average Bonchev–Trinajstić information content (AvgIpc) is 3.49. The second kappa shape index (κ2) is 7.49. The van der Waals surface area contributed by atoms with Crippen LogP contribution in [0.25, 0.3) is 27.2 Å². The maximum atomic E-state index is 13.3. The molecule has 0 radical (unpaired) electrons. The van der Waals surface area contributed by atoms with Crippen molar-refractivity contribution in [2.75, 3.05) is 5.32 Å². The third kappa shape index (κ3) is 3.33. The standard InChI is InChI=1S/C22H16N6OS/c1-14-8-9-15(28-13-23-26-27-28)11-19(14)25-22(29)17-12-20(21-7-4-10-30-21)24-18-6-3-2-5-16(17)18/h2-13H,1H3,(H,25,29). The van der Waals surface area contributed by atoms with Crippen molar-refractivity contribution in [3.05, 3.63) is 83.5 Å². The van der Waals surface area contributed by atoms with Crippen LogP contribution in [-0.2, 0) is 0 Å². The minimum atomic E-state index is -0.191. The molecule has 7 nitrogen and oxygen atoms in total. The maximum Gasteiger partial charge on any atom is 0.256 e. The Morgan fingerprint density at radius 2 is 1.97 bits per heavy atom. The fraction of sp³-hybridized carbons (Fsp3) is 0.0455. The number of rotatable bonds is 4. The van der Waals surface area contributed by atoms with Crippen LogP contribution in [0.5, 0.6) is 0 Å². The first kappa shape index (κ1) is 18.1. The minimum absolute atomic E-state index is 0.191. The average molecular weight is 412 g/mol. The molecule has 0 aliphatic heterocycles. The van der Waals surface area contributed by atoms with Crippen molar-refractivity contribution < 1.29 is 4.79 Å². The molecule has 0 spiro atoms. The zero-order valence-corrected chi connectivity index (χ0v) is 16.8. The van der Waals surface area contributed by atoms with Crippen LogP contribution in [-0.4, -0.2) is 31.1 Å². The van der Waals surface area contributed by atoms with Crippen molar-refractivity contribution in [2.24, 2.45) is 0 Å². The number of para-hydroxylation sites is 1. The second-order valence-electron chi connectivity index (χ2n) is 6.76. The largest absolute Gasteiger partial charge is 0.322 e. The highest BCUT2D eigenvalue weighted by molar-refractivity contribution is 7.13. The van der Waals surface area contributed by atoms with E-state index < -0.39 is 0 Å². The predicted molar refractivity (Wildman–Crippen MR) is 117 cm³/mol. The molecule has 0 fully saturated rings. The third-order valence-electron chi connectivity index (χ3n) is 4.82. The fourth-order valence-electron chi connectivity index (χ4n) is 3.27. The summed E-state index contributed by atoms with van der Waals surface area (Å²) in [6.07, 6.45) is 1.51. The molecule has 0 saturated heterocycles. The van der Waals surface area contributed by atoms with E-state index in [4.69, 9.17) is 4.98 Å². The van der Waals surface area contributed by atoms with Gasteiger partial charge in [-0.25, -0.2) is 9.67 Å². The molecule has 0 aliphatic rings. The van der Waals surface area contributed by atoms with E-state index in [0.717, 1.165) is 32.7 Å². The number of aromatic nitrogens is 5. The molecule has 5 aromatic rings. The van der Waals surface area contributed by atoms with E-state index in [1.165, 1.54) is 6.33 Å². The molecule has 2 aromatic carbocycles. The molecule has 3 aromatic heterocycles. The Hall–Kier alpha value is -3.91. The number of tetrazole rings is 1. The SMILES string of the molecule is Cc1ccc(-n2cnnn2)cc1NC(=O)c1cc(-c2cccs2)nc2ccccc12. The zero-order chi connectivity index (χ0) is 20.5. The normalized spacial score (nSPS) is 11.0. The summed E-state index contributed by atoms with van der Waals surface area (Å²) in [7, 11) is 0. The molecule has 0 aliphatic carbocycles. The number of benzene rings is 2. The van der Waals surface area contributed by atoms with E-state index in [-0.39, 0.29) is 5.91 Å². The highest BCUT2D eigenvalue weighted by Crippen LogP contribution is 2.29. The van der Waals surface area contributed by atoms with Gasteiger partial charge in [-0.1, -0.05) is 30.3 Å². The molecule has 0 atom stereocenters. The zero-order valence-electron chi connectivity index (χ0n) is 16.0. The van der Waals surface area contributed by atoms with Gasteiger partial charge in [0.2, 0.25) is 0 Å². The third-order valence-corrected chi connectivity index (χ3v) is 5.71. The Kier molecular flexibility index (Phi) is 4.53. The summed E-state index contributed by atoms with van der Waals surface area (Å²) in [6, 6.07) is 19.2. The number of anilines is 1. The molecule has 0 saturated carbocycles. The van der Waals surface area contributed by atoms with Gasteiger partial charge < -0.3 is 5.32 Å². The van der Waals surface area contributed by atoms with Crippen LogP contribution in [0.2, 0.25) is 0 Å².